The molecule has 2 N–H and O–H groups in total. The molecule has 0 heterocycles. The van der Waals surface area contributed by atoms with E-state index in [0.717, 1.165) is 31.7 Å². The van der Waals surface area contributed by atoms with Gasteiger partial charge in [-0.3, -0.25) is 24.0 Å². The largest absolute Gasteiger partial charge is 0.507 e. The highest BCUT2D eigenvalue weighted by molar-refractivity contribution is 6.32. The summed E-state index contributed by atoms with van der Waals surface area (Å²) in [6, 6.07) is 10.6. The van der Waals surface area contributed by atoms with Crippen LogP contribution in [0.4, 0.5) is 0 Å². The quantitative estimate of drug-likeness (QED) is 0.290. The zero-order valence-electron chi connectivity index (χ0n) is 31.0. The van der Waals surface area contributed by atoms with Crippen molar-refractivity contribution in [1.82, 2.24) is 0 Å². The van der Waals surface area contributed by atoms with Crippen LogP contribution >= 0.6 is 0 Å². The van der Waals surface area contributed by atoms with Crippen LogP contribution in [0.2, 0.25) is 0 Å². The number of phenols is 1. The standard InChI is InChI=1S/C42H54O7/c1-22(2)28-18-27(13-11-12-25-14-16-26(17-15-25)19-39(6,7)8)34(44)31-29(28)20-40(9)21-41(10)32(23(3)4)35(45)30(24(5)43)37(47)42(41,49)38(48)33(40)36(31)46/h14-18,22-23,30,32-33,44,49H,11-13,19-21H2,1-10H3/t30?,32?,33?,40-,41-,42+/m1/s1. The Kier molecular flexibility index (Phi) is 9.32. The van der Waals surface area contributed by atoms with Crippen molar-refractivity contribution < 1.29 is 34.2 Å². The Morgan fingerprint density at radius 1 is 0.939 bits per heavy atom. The fourth-order valence-electron chi connectivity index (χ4n) is 9.91. The molecule has 0 radical (unpaired) electrons. The zero-order chi connectivity index (χ0) is 36.6. The van der Waals surface area contributed by atoms with Crippen LogP contribution < -0.4 is 0 Å². The lowest BCUT2D eigenvalue weighted by molar-refractivity contribution is -0.205. The summed E-state index contributed by atoms with van der Waals surface area (Å²) in [5, 5.41) is 24.0. The lowest BCUT2D eigenvalue weighted by Crippen LogP contribution is -2.76. The monoisotopic (exact) mass is 670 g/mol. The van der Waals surface area contributed by atoms with Gasteiger partial charge in [-0.2, -0.15) is 0 Å². The summed E-state index contributed by atoms with van der Waals surface area (Å²) in [6.07, 6.45) is 3.35. The fourth-order valence-corrected chi connectivity index (χ4v) is 9.91. The fraction of sp³-hybridized carbons (Fsp3) is 0.595. The van der Waals surface area contributed by atoms with Crippen molar-refractivity contribution in [1.29, 1.82) is 0 Å². The average Bonchev–Trinajstić information content (AvgIpc) is 2.95. The maximum atomic E-state index is 14.6. The minimum Gasteiger partial charge on any atom is -0.507 e. The number of hydrogen-bond acceptors (Lipinski definition) is 7. The van der Waals surface area contributed by atoms with E-state index in [1.807, 2.05) is 26.8 Å². The van der Waals surface area contributed by atoms with Crippen LogP contribution in [0.3, 0.4) is 0 Å². The molecule has 0 spiro atoms. The van der Waals surface area contributed by atoms with Gasteiger partial charge in [-0.15, -0.1) is 0 Å². The molecule has 6 atom stereocenters. The Morgan fingerprint density at radius 2 is 1.53 bits per heavy atom. The Balaban J connectivity index is 1.53. The van der Waals surface area contributed by atoms with Crippen LogP contribution in [0.25, 0.3) is 0 Å². The summed E-state index contributed by atoms with van der Waals surface area (Å²) < 4.78 is 0. The summed E-state index contributed by atoms with van der Waals surface area (Å²) in [5.74, 6) is -8.60. The van der Waals surface area contributed by atoms with Crippen LogP contribution in [0.15, 0.2) is 30.3 Å². The molecule has 0 aromatic heterocycles. The van der Waals surface area contributed by atoms with Crippen molar-refractivity contribution in [3.63, 3.8) is 0 Å². The van der Waals surface area contributed by atoms with Gasteiger partial charge in [0.1, 0.15) is 17.5 Å². The lowest BCUT2D eigenvalue weighted by atomic mass is 9.39. The number of aryl methyl sites for hydroxylation is 2. The van der Waals surface area contributed by atoms with E-state index in [1.165, 1.54) is 11.1 Å². The molecule has 2 aromatic carbocycles. The topological polar surface area (TPSA) is 126 Å². The van der Waals surface area contributed by atoms with Gasteiger partial charge in [-0.1, -0.05) is 92.6 Å². The van der Waals surface area contributed by atoms with Gasteiger partial charge in [-0.05, 0) is 95.9 Å². The third kappa shape index (κ3) is 5.84. The van der Waals surface area contributed by atoms with Crippen molar-refractivity contribution in [2.45, 2.75) is 119 Å². The summed E-state index contributed by atoms with van der Waals surface area (Å²) in [5.41, 5.74) is -0.231. The summed E-state index contributed by atoms with van der Waals surface area (Å²) in [7, 11) is 0. The van der Waals surface area contributed by atoms with Crippen molar-refractivity contribution in [2.24, 2.45) is 39.9 Å². The number of benzene rings is 2. The molecular weight excluding hydrogens is 616 g/mol. The number of aliphatic hydroxyl groups is 1. The van der Waals surface area contributed by atoms with Gasteiger partial charge < -0.3 is 10.2 Å². The maximum Gasteiger partial charge on any atom is 0.190 e. The first-order chi connectivity index (χ1) is 22.6. The SMILES string of the molecule is CC(=O)C1C(=O)C(C(C)C)[C@@]2(C)C[C@@]3(C)Cc4c(C(C)C)cc(CCCc5ccc(CC(C)(C)C)cc5)c(O)c4C(=O)C3C(=O)[C@@]2(O)C1=O. The lowest BCUT2D eigenvalue weighted by Gasteiger charge is -2.62. The second-order valence-electron chi connectivity index (χ2n) is 17.7. The van der Waals surface area contributed by atoms with Crippen LogP contribution in [-0.4, -0.2) is 44.7 Å². The van der Waals surface area contributed by atoms with Crippen LogP contribution in [0.1, 0.15) is 126 Å². The molecular formula is C42H54O7. The molecule has 3 aliphatic carbocycles. The summed E-state index contributed by atoms with van der Waals surface area (Å²) in [6.45, 7) is 18.9. The van der Waals surface area contributed by atoms with Gasteiger partial charge in [0.25, 0.3) is 0 Å². The van der Waals surface area contributed by atoms with Crippen LogP contribution in [0, 0.1) is 39.9 Å². The number of Topliss-reactive ketones (excluding diaryl/α,β-unsaturated/α-hetero) is 5. The first-order valence-electron chi connectivity index (χ1n) is 17.9. The molecule has 2 saturated carbocycles. The molecule has 3 aliphatic rings. The van der Waals surface area contributed by atoms with Gasteiger partial charge in [0.05, 0.1) is 11.5 Å². The number of phenolic OH excluding ortho intramolecular Hbond substituents is 1. The molecule has 5 rings (SSSR count). The van der Waals surface area contributed by atoms with E-state index in [-0.39, 0.29) is 41.4 Å². The number of hydrogen-bond donors (Lipinski definition) is 2. The second kappa shape index (κ2) is 12.4. The molecule has 49 heavy (non-hydrogen) atoms. The van der Waals surface area contributed by atoms with Crippen LogP contribution in [-0.2, 0) is 44.9 Å². The predicted octanol–water partition coefficient (Wildman–Crippen LogP) is 6.98. The number of fused-ring (bicyclic) bond motifs is 3. The second-order valence-corrected chi connectivity index (χ2v) is 17.7. The third-order valence-corrected chi connectivity index (χ3v) is 11.8. The molecule has 0 saturated heterocycles. The highest BCUT2D eigenvalue weighted by atomic mass is 16.3. The summed E-state index contributed by atoms with van der Waals surface area (Å²) >= 11 is 0. The van der Waals surface area contributed by atoms with Crippen molar-refractivity contribution in [3.8, 4) is 5.75 Å². The Bertz CT molecular complexity index is 1720. The zero-order valence-corrected chi connectivity index (χ0v) is 31.0. The minimum atomic E-state index is -2.69. The Morgan fingerprint density at radius 3 is 2.06 bits per heavy atom. The van der Waals surface area contributed by atoms with E-state index >= 15 is 0 Å². The van der Waals surface area contributed by atoms with E-state index in [1.54, 1.807) is 20.8 Å². The van der Waals surface area contributed by atoms with Gasteiger partial charge in [0.15, 0.2) is 28.7 Å². The predicted molar refractivity (Wildman–Crippen MR) is 189 cm³/mol. The summed E-state index contributed by atoms with van der Waals surface area (Å²) in [4.78, 5) is 69.6. The maximum absolute atomic E-state index is 14.6. The molecule has 0 aliphatic heterocycles. The molecule has 2 aromatic rings. The van der Waals surface area contributed by atoms with Crippen LogP contribution in [0.5, 0.6) is 5.75 Å². The van der Waals surface area contributed by atoms with Crippen molar-refractivity contribution in [3.05, 3.63) is 63.7 Å². The number of aromatic hydroxyl groups is 1. The number of carbonyl (C=O) groups is 5. The van der Waals surface area contributed by atoms with E-state index in [4.69, 9.17) is 0 Å². The van der Waals surface area contributed by atoms with E-state index in [0.29, 0.717) is 17.5 Å². The molecule has 0 bridgehead atoms. The normalized spacial score (nSPS) is 30.0. The molecule has 7 heteroatoms. The Hall–Kier alpha value is -3.45. The number of ketones is 5. The smallest absolute Gasteiger partial charge is 0.190 e. The highest BCUT2D eigenvalue weighted by Gasteiger charge is 2.76. The molecule has 2 fully saturated rings. The van der Waals surface area contributed by atoms with Gasteiger partial charge in [-0.25, -0.2) is 0 Å². The van der Waals surface area contributed by atoms with E-state index in [2.05, 4.69) is 45.0 Å². The van der Waals surface area contributed by atoms with E-state index in [9.17, 15) is 34.2 Å². The number of carbonyl (C=O) groups excluding carboxylic acids is 5. The molecule has 0 amide bonds. The van der Waals surface area contributed by atoms with E-state index < -0.39 is 63.1 Å². The first kappa shape index (κ1) is 36.8. The van der Waals surface area contributed by atoms with Gasteiger partial charge in [0, 0.05) is 11.3 Å². The average molecular weight is 671 g/mol. The highest BCUT2D eigenvalue weighted by Crippen LogP contribution is 2.64. The van der Waals surface area contributed by atoms with Crippen molar-refractivity contribution in [2.75, 3.05) is 0 Å². The van der Waals surface area contributed by atoms with Crippen molar-refractivity contribution >= 4 is 28.9 Å². The first-order valence-corrected chi connectivity index (χ1v) is 17.9. The van der Waals surface area contributed by atoms with Gasteiger partial charge >= 0.3 is 0 Å². The third-order valence-electron chi connectivity index (χ3n) is 11.8. The number of rotatable bonds is 8. The minimum absolute atomic E-state index is 0.0146. The molecule has 3 unspecified atom stereocenters. The Labute approximate surface area is 291 Å². The van der Waals surface area contributed by atoms with Gasteiger partial charge in [0.2, 0.25) is 0 Å². The molecule has 264 valence electrons. The molecule has 7 nitrogen and oxygen atoms in total.